The first-order valence-electron chi connectivity index (χ1n) is 10.0. The lowest BCUT2D eigenvalue weighted by atomic mass is 10.2. The SMILES string of the molecule is COc1ccc(-n2c(CSc3nnc(N(C(C)=O)C4CC4)s3)nc3ccccc32)cc1. The van der Waals surface area contributed by atoms with Gasteiger partial charge in [0, 0.05) is 18.7 Å². The summed E-state index contributed by atoms with van der Waals surface area (Å²) in [6.07, 6.45) is 2.07. The second-order valence-corrected chi connectivity index (χ2v) is 9.49. The van der Waals surface area contributed by atoms with Gasteiger partial charge in [0.15, 0.2) is 4.34 Å². The number of carbonyl (C=O) groups is 1. The molecule has 31 heavy (non-hydrogen) atoms. The lowest BCUT2D eigenvalue weighted by Crippen LogP contribution is -2.30. The quantitative estimate of drug-likeness (QED) is 0.300. The molecule has 1 aliphatic carbocycles. The third-order valence-electron chi connectivity index (χ3n) is 5.14. The molecule has 4 aromatic rings. The molecule has 1 aliphatic rings. The molecule has 0 bridgehead atoms. The normalized spacial score (nSPS) is 13.5. The molecule has 1 saturated carbocycles. The summed E-state index contributed by atoms with van der Waals surface area (Å²) in [4.78, 5) is 18.6. The van der Waals surface area contributed by atoms with Crippen molar-refractivity contribution in [3.05, 3.63) is 54.4 Å². The van der Waals surface area contributed by atoms with Crippen molar-refractivity contribution in [1.82, 2.24) is 19.7 Å². The van der Waals surface area contributed by atoms with E-state index < -0.39 is 0 Å². The van der Waals surface area contributed by atoms with Crippen LogP contribution < -0.4 is 9.64 Å². The van der Waals surface area contributed by atoms with Crippen LogP contribution in [0.4, 0.5) is 5.13 Å². The zero-order valence-electron chi connectivity index (χ0n) is 17.2. The number of aromatic nitrogens is 4. The highest BCUT2D eigenvalue weighted by Crippen LogP contribution is 2.37. The number of fused-ring (bicyclic) bond motifs is 1. The number of hydrogen-bond acceptors (Lipinski definition) is 7. The summed E-state index contributed by atoms with van der Waals surface area (Å²) < 4.78 is 8.29. The van der Waals surface area contributed by atoms with Crippen LogP contribution in [0.25, 0.3) is 16.7 Å². The van der Waals surface area contributed by atoms with Crippen molar-refractivity contribution < 1.29 is 9.53 Å². The van der Waals surface area contributed by atoms with E-state index in [1.165, 1.54) is 11.3 Å². The van der Waals surface area contributed by atoms with E-state index in [1.54, 1.807) is 30.7 Å². The molecule has 0 spiro atoms. The van der Waals surface area contributed by atoms with Crippen LogP contribution in [-0.2, 0) is 10.5 Å². The number of imidazole rings is 1. The van der Waals surface area contributed by atoms with Crippen molar-refractivity contribution in [2.24, 2.45) is 0 Å². The van der Waals surface area contributed by atoms with Crippen molar-refractivity contribution in [3.63, 3.8) is 0 Å². The number of thioether (sulfide) groups is 1. The van der Waals surface area contributed by atoms with E-state index in [-0.39, 0.29) is 11.9 Å². The minimum Gasteiger partial charge on any atom is -0.497 e. The summed E-state index contributed by atoms with van der Waals surface area (Å²) in [5, 5.41) is 9.25. The van der Waals surface area contributed by atoms with Gasteiger partial charge in [-0.2, -0.15) is 0 Å². The monoisotopic (exact) mass is 451 g/mol. The molecule has 0 unspecified atom stereocenters. The third-order valence-corrected chi connectivity index (χ3v) is 7.19. The van der Waals surface area contributed by atoms with E-state index in [0.717, 1.165) is 45.5 Å². The highest BCUT2D eigenvalue weighted by atomic mass is 32.2. The number of rotatable bonds is 7. The maximum Gasteiger partial charge on any atom is 0.225 e. The van der Waals surface area contributed by atoms with E-state index >= 15 is 0 Å². The van der Waals surface area contributed by atoms with Crippen LogP contribution >= 0.6 is 23.1 Å². The summed E-state index contributed by atoms with van der Waals surface area (Å²) in [6, 6.07) is 16.4. The van der Waals surface area contributed by atoms with Crippen LogP contribution in [0.1, 0.15) is 25.6 Å². The van der Waals surface area contributed by atoms with Gasteiger partial charge in [0.05, 0.1) is 23.9 Å². The van der Waals surface area contributed by atoms with Crippen molar-refractivity contribution in [2.45, 2.75) is 35.9 Å². The molecule has 0 atom stereocenters. The Bertz CT molecular complexity index is 1230. The van der Waals surface area contributed by atoms with Crippen LogP contribution in [0.2, 0.25) is 0 Å². The summed E-state index contributed by atoms with van der Waals surface area (Å²) in [5.41, 5.74) is 3.03. The summed E-state index contributed by atoms with van der Waals surface area (Å²) >= 11 is 3.05. The fourth-order valence-electron chi connectivity index (χ4n) is 3.56. The van der Waals surface area contributed by atoms with Crippen LogP contribution in [0.5, 0.6) is 5.75 Å². The first-order chi connectivity index (χ1) is 15.1. The Morgan fingerprint density at radius 3 is 2.68 bits per heavy atom. The number of benzene rings is 2. The molecule has 5 rings (SSSR count). The molecule has 1 fully saturated rings. The first kappa shape index (κ1) is 20.0. The first-order valence-corrected chi connectivity index (χ1v) is 11.8. The Balaban J connectivity index is 1.42. The van der Waals surface area contributed by atoms with Crippen molar-refractivity contribution >= 4 is 45.2 Å². The lowest BCUT2D eigenvalue weighted by Gasteiger charge is -2.15. The fraction of sp³-hybridized carbons (Fsp3) is 0.273. The van der Waals surface area contributed by atoms with Gasteiger partial charge in [-0.3, -0.25) is 14.3 Å². The Morgan fingerprint density at radius 2 is 1.97 bits per heavy atom. The number of ether oxygens (including phenoxy) is 1. The predicted molar refractivity (Wildman–Crippen MR) is 123 cm³/mol. The molecule has 9 heteroatoms. The van der Waals surface area contributed by atoms with Crippen LogP contribution in [0.15, 0.2) is 52.9 Å². The zero-order valence-corrected chi connectivity index (χ0v) is 18.8. The van der Waals surface area contributed by atoms with Gasteiger partial charge in [0.2, 0.25) is 11.0 Å². The molecule has 2 heterocycles. The van der Waals surface area contributed by atoms with Crippen LogP contribution in [-0.4, -0.2) is 38.8 Å². The van der Waals surface area contributed by atoms with E-state index in [2.05, 4.69) is 20.8 Å². The molecular weight excluding hydrogens is 430 g/mol. The maximum absolute atomic E-state index is 12.0. The number of hydrogen-bond donors (Lipinski definition) is 0. The highest BCUT2D eigenvalue weighted by Gasteiger charge is 2.34. The average Bonchev–Trinajstić information content (AvgIpc) is 3.37. The number of methoxy groups -OCH3 is 1. The second kappa shape index (κ2) is 8.32. The van der Waals surface area contributed by atoms with E-state index in [1.807, 2.05) is 42.5 Å². The Labute approximate surface area is 188 Å². The standard InChI is InChI=1S/C22H21N5O2S2/c1-14(28)26(15-7-8-15)21-24-25-22(31-21)30-13-20-23-18-5-3-4-6-19(18)27(20)16-9-11-17(29-2)12-10-16/h3-6,9-12,15H,7-8,13H2,1-2H3. The molecule has 2 aromatic heterocycles. The number of para-hydroxylation sites is 2. The van der Waals surface area contributed by atoms with Gasteiger partial charge >= 0.3 is 0 Å². The van der Waals surface area contributed by atoms with E-state index in [9.17, 15) is 4.79 Å². The number of nitrogens with zero attached hydrogens (tertiary/aromatic N) is 5. The van der Waals surface area contributed by atoms with Gasteiger partial charge in [0.25, 0.3) is 0 Å². The lowest BCUT2D eigenvalue weighted by molar-refractivity contribution is -0.116. The fourth-order valence-corrected chi connectivity index (χ4v) is 5.43. The minimum absolute atomic E-state index is 0.0245. The van der Waals surface area contributed by atoms with Crippen LogP contribution in [0.3, 0.4) is 0 Å². The van der Waals surface area contributed by atoms with Gasteiger partial charge in [-0.25, -0.2) is 4.98 Å². The molecule has 2 aromatic carbocycles. The molecule has 0 N–H and O–H groups in total. The van der Waals surface area contributed by atoms with Crippen LogP contribution in [0, 0.1) is 0 Å². The van der Waals surface area contributed by atoms with E-state index in [4.69, 9.17) is 9.72 Å². The number of anilines is 1. The summed E-state index contributed by atoms with van der Waals surface area (Å²) in [6.45, 7) is 1.59. The third kappa shape index (κ3) is 4.03. The minimum atomic E-state index is 0.0245. The Kier molecular flexibility index (Phi) is 5.37. The molecule has 0 radical (unpaired) electrons. The summed E-state index contributed by atoms with van der Waals surface area (Å²) in [7, 11) is 1.66. The molecule has 1 amide bonds. The van der Waals surface area contributed by atoms with Gasteiger partial charge in [0.1, 0.15) is 11.6 Å². The molecular formula is C22H21N5O2S2. The number of amides is 1. The van der Waals surface area contributed by atoms with Gasteiger partial charge in [-0.05, 0) is 49.2 Å². The van der Waals surface area contributed by atoms with Crippen molar-refractivity contribution in [2.75, 3.05) is 12.0 Å². The van der Waals surface area contributed by atoms with E-state index in [0.29, 0.717) is 10.9 Å². The molecule has 0 aliphatic heterocycles. The largest absolute Gasteiger partial charge is 0.497 e. The molecule has 7 nitrogen and oxygen atoms in total. The highest BCUT2D eigenvalue weighted by molar-refractivity contribution is 8.00. The van der Waals surface area contributed by atoms with Crippen molar-refractivity contribution in [3.8, 4) is 11.4 Å². The number of carbonyl (C=O) groups excluding carboxylic acids is 1. The summed E-state index contributed by atoms with van der Waals surface area (Å²) in [5.74, 6) is 2.41. The average molecular weight is 452 g/mol. The topological polar surface area (TPSA) is 73.1 Å². The zero-order chi connectivity index (χ0) is 21.4. The Hall–Kier alpha value is -2.91. The molecule has 0 saturated heterocycles. The predicted octanol–water partition coefficient (Wildman–Crippen LogP) is 4.69. The Morgan fingerprint density at radius 1 is 1.19 bits per heavy atom. The maximum atomic E-state index is 12.0. The van der Waals surface area contributed by atoms with Crippen molar-refractivity contribution in [1.29, 1.82) is 0 Å². The van der Waals surface area contributed by atoms with Gasteiger partial charge in [-0.1, -0.05) is 35.2 Å². The molecule has 158 valence electrons. The smallest absolute Gasteiger partial charge is 0.225 e. The second-order valence-electron chi connectivity index (χ2n) is 7.31. The van der Waals surface area contributed by atoms with Gasteiger partial charge < -0.3 is 4.74 Å². The van der Waals surface area contributed by atoms with Gasteiger partial charge in [-0.15, -0.1) is 10.2 Å².